The summed E-state index contributed by atoms with van der Waals surface area (Å²) in [6, 6.07) is 0. The van der Waals surface area contributed by atoms with Crippen LogP contribution in [-0.2, 0) is 4.79 Å². The van der Waals surface area contributed by atoms with Gasteiger partial charge in [0.05, 0.1) is 0 Å². The summed E-state index contributed by atoms with van der Waals surface area (Å²) in [6.07, 6.45) is 9.24. The molecule has 0 N–H and O–H groups in total. The lowest BCUT2D eigenvalue weighted by atomic mass is 10.0. The average Bonchev–Trinajstić information content (AvgIpc) is 2.71. The van der Waals surface area contributed by atoms with Crippen molar-refractivity contribution in [1.29, 1.82) is 0 Å². The van der Waals surface area contributed by atoms with E-state index < -0.39 is 0 Å². The number of piperidine rings is 1. The van der Waals surface area contributed by atoms with Gasteiger partial charge in [-0.15, -0.1) is 0 Å². The summed E-state index contributed by atoms with van der Waals surface area (Å²) in [6.45, 7) is 2.02. The molecule has 0 aromatic heterocycles. The zero-order valence-electron chi connectivity index (χ0n) is 8.17. The first-order valence-electron chi connectivity index (χ1n) is 5.48. The monoisotopic (exact) mass is 180 g/mol. The third-order valence-electron chi connectivity index (χ3n) is 3.19. The topological polar surface area (TPSA) is 20.3 Å². The van der Waals surface area contributed by atoms with Crippen LogP contribution in [0, 0.1) is 12.3 Å². The molecule has 13 heavy (non-hydrogen) atoms. The molecule has 1 amide bonds. The molecule has 1 saturated heterocycles. The van der Waals surface area contributed by atoms with E-state index in [0.717, 1.165) is 32.4 Å². The quantitative estimate of drug-likeness (QED) is 0.604. The van der Waals surface area contributed by atoms with Crippen LogP contribution in [0.5, 0.6) is 0 Å². The maximum atomic E-state index is 11.9. The summed E-state index contributed by atoms with van der Waals surface area (Å²) in [4.78, 5) is 14.0. The van der Waals surface area contributed by atoms with Crippen LogP contribution in [-0.4, -0.2) is 23.9 Å². The first-order chi connectivity index (χ1) is 6.38. The van der Waals surface area contributed by atoms with Crippen LogP contribution in [0.2, 0.25) is 0 Å². The summed E-state index contributed by atoms with van der Waals surface area (Å²) in [5.74, 6) is 0.756. The van der Waals surface area contributed by atoms with Crippen LogP contribution < -0.4 is 0 Å². The molecule has 0 spiro atoms. The van der Waals surface area contributed by atoms with Crippen LogP contribution in [0.15, 0.2) is 0 Å². The lowest BCUT2D eigenvalue weighted by Crippen LogP contribution is -2.38. The van der Waals surface area contributed by atoms with E-state index in [1.807, 2.05) is 0 Å². The summed E-state index contributed by atoms with van der Waals surface area (Å²) in [7, 11) is 0. The highest BCUT2D eigenvalue weighted by Crippen LogP contribution is 2.26. The number of rotatable bonds is 1. The van der Waals surface area contributed by atoms with E-state index in [2.05, 4.69) is 11.3 Å². The van der Waals surface area contributed by atoms with Gasteiger partial charge in [0.15, 0.2) is 0 Å². The van der Waals surface area contributed by atoms with Gasteiger partial charge in [0.1, 0.15) is 0 Å². The summed E-state index contributed by atoms with van der Waals surface area (Å²) >= 11 is 0. The van der Waals surface area contributed by atoms with Gasteiger partial charge in [-0.25, -0.2) is 0 Å². The second kappa shape index (κ2) is 4.12. The van der Waals surface area contributed by atoms with E-state index in [1.165, 1.54) is 19.3 Å². The number of carbonyl (C=O) groups excluding carboxylic acids is 1. The Balaban J connectivity index is 1.87. The molecule has 0 bridgehead atoms. The third-order valence-corrected chi connectivity index (χ3v) is 3.19. The molecular weight excluding hydrogens is 162 g/mol. The predicted molar refractivity (Wildman–Crippen MR) is 52.1 cm³/mol. The molecule has 1 aliphatic carbocycles. The summed E-state index contributed by atoms with van der Waals surface area (Å²) in [5.41, 5.74) is 0. The second-order valence-electron chi connectivity index (χ2n) is 4.18. The maximum Gasteiger partial charge on any atom is 0.225 e. The maximum absolute atomic E-state index is 11.9. The normalized spacial score (nSPS) is 25.1. The Morgan fingerprint density at radius 2 is 2.00 bits per heavy atom. The number of nitrogens with zero attached hydrogens (tertiary/aromatic N) is 1. The van der Waals surface area contributed by atoms with Crippen molar-refractivity contribution < 1.29 is 4.79 Å². The molecule has 2 rings (SSSR count). The molecule has 1 heterocycles. The van der Waals surface area contributed by atoms with Gasteiger partial charge >= 0.3 is 0 Å². The fourth-order valence-corrected chi connectivity index (χ4v) is 2.35. The first-order valence-corrected chi connectivity index (χ1v) is 5.48. The minimum absolute atomic E-state index is 0.332. The van der Waals surface area contributed by atoms with Crippen molar-refractivity contribution in [2.24, 2.45) is 5.92 Å². The predicted octanol–water partition coefficient (Wildman–Crippen LogP) is 2.00. The van der Waals surface area contributed by atoms with Crippen LogP contribution in [0.25, 0.3) is 0 Å². The van der Waals surface area contributed by atoms with E-state index in [0.29, 0.717) is 11.8 Å². The van der Waals surface area contributed by atoms with Crippen molar-refractivity contribution in [1.82, 2.24) is 4.90 Å². The van der Waals surface area contributed by atoms with Gasteiger partial charge in [0.25, 0.3) is 0 Å². The molecule has 2 fully saturated rings. The molecule has 1 unspecified atom stereocenters. The van der Waals surface area contributed by atoms with Crippen LogP contribution >= 0.6 is 0 Å². The van der Waals surface area contributed by atoms with Gasteiger partial charge in [0.2, 0.25) is 5.91 Å². The van der Waals surface area contributed by atoms with Crippen LogP contribution in [0.1, 0.15) is 38.5 Å². The molecule has 0 aromatic rings. The minimum atomic E-state index is 0.332. The first kappa shape index (κ1) is 9.04. The molecule has 73 valence electrons. The Hall–Kier alpha value is -0.530. The molecule has 2 aliphatic rings. The summed E-state index contributed by atoms with van der Waals surface area (Å²) in [5, 5.41) is 0. The largest absolute Gasteiger partial charge is 0.342 e. The van der Waals surface area contributed by atoms with Gasteiger partial charge < -0.3 is 4.90 Å². The molecule has 1 saturated carbocycles. The minimum Gasteiger partial charge on any atom is -0.342 e. The Kier molecular flexibility index (Phi) is 2.87. The molecule has 1 aliphatic heterocycles. The van der Waals surface area contributed by atoms with E-state index in [4.69, 9.17) is 0 Å². The van der Waals surface area contributed by atoms with Gasteiger partial charge in [-0.1, -0.05) is 0 Å². The lowest BCUT2D eigenvalue weighted by Gasteiger charge is -2.29. The number of hydrogen-bond acceptors (Lipinski definition) is 1. The van der Waals surface area contributed by atoms with E-state index >= 15 is 0 Å². The van der Waals surface area contributed by atoms with Gasteiger partial charge in [0, 0.05) is 19.0 Å². The molecule has 2 nitrogen and oxygen atoms in total. The van der Waals surface area contributed by atoms with Crippen molar-refractivity contribution in [3.05, 3.63) is 6.42 Å². The average molecular weight is 180 g/mol. The van der Waals surface area contributed by atoms with Crippen LogP contribution in [0.3, 0.4) is 0 Å². The fourth-order valence-electron chi connectivity index (χ4n) is 2.35. The Morgan fingerprint density at radius 1 is 1.23 bits per heavy atom. The van der Waals surface area contributed by atoms with Crippen molar-refractivity contribution in [3.63, 3.8) is 0 Å². The Labute approximate surface area is 80.3 Å². The van der Waals surface area contributed by atoms with Gasteiger partial charge in [-0.2, -0.15) is 0 Å². The van der Waals surface area contributed by atoms with E-state index in [9.17, 15) is 4.79 Å². The van der Waals surface area contributed by atoms with Crippen molar-refractivity contribution in [3.8, 4) is 0 Å². The number of likely N-dealkylation sites (tertiary alicyclic amines) is 1. The number of amides is 1. The summed E-state index contributed by atoms with van der Waals surface area (Å²) < 4.78 is 0. The zero-order valence-corrected chi connectivity index (χ0v) is 8.17. The standard InChI is InChI=1S/C11H18NO/c13-11(10-6-2-3-7-10)12-8-4-1-5-9-12/h2,10H,1,3-9H2. The second-order valence-corrected chi connectivity index (χ2v) is 4.18. The number of carbonyl (C=O) groups is 1. The molecule has 1 radical (unpaired) electrons. The smallest absolute Gasteiger partial charge is 0.225 e. The van der Waals surface area contributed by atoms with Gasteiger partial charge in [-0.3, -0.25) is 4.79 Å². The highest BCUT2D eigenvalue weighted by Gasteiger charge is 2.27. The lowest BCUT2D eigenvalue weighted by molar-refractivity contribution is -0.136. The molecule has 1 atom stereocenters. The fraction of sp³-hybridized carbons (Fsp3) is 0.818. The van der Waals surface area contributed by atoms with Crippen molar-refractivity contribution >= 4 is 5.91 Å². The highest BCUT2D eigenvalue weighted by molar-refractivity contribution is 5.79. The molecular formula is C11H18NO. The van der Waals surface area contributed by atoms with Crippen LogP contribution in [0.4, 0.5) is 0 Å². The Morgan fingerprint density at radius 3 is 2.62 bits per heavy atom. The number of hydrogen-bond donors (Lipinski definition) is 0. The Bertz CT molecular complexity index is 179. The zero-order chi connectivity index (χ0) is 9.10. The van der Waals surface area contributed by atoms with E-state index in [-0.39, 0.29) is 0 Å². The van der Waals surface area contributed by atoms with Gasteiger partial charge in [-0.05, 0) is 44.9 Å². The SMILES string of the molecule is O=C(C1C[CH]CC1)N1CCCCC1. The van der Waals surface area contributed by atoms with Crippen molar-refractivity contribution in [2.45, 2.75) is 38.5 Å². The molecule has 2 heteroatoms. The van der Waals surface area contributed by atoms with E-state index in [1.54, 1.807) is 0 Å². The highest BCUT2D eigenvalue weighted by atomic mass is 16.2. The van der Waals surface area contributed by atoms with Crippen molar-refractivity contribution in [2.75, 3.05) is 13.1 Å². The molecule has 0 aromatic carbocycles. The third kappa shape index (κ3) is 2.04.